The number of nitrogens with zero attached hydrogens (tertiary/aromatic N) is 3. The Morgan fingerprint density at radius 2 is 2.00 bits per heavy atom. The van der Waals surface area contributed by atoms with Gasteiger partial charge in [-0.15, -0.1) is 10.2 Å². The highest BCUT2D eigenvalue weighted by molar-refractivity contribution is 8.01. The van der Waals surface area contributed by atoms with Crippen LogP contribution in [0.5, 0.6) is 0 Å². The Morgan fingerprint density at radius 1 is 1.25 bits per heavy atom. The number of aromatic nitrogens is 3. The number of amides is 1. The molecule has 10 heteroatoms. The number of hydroxylamine groups is 1. The van der Waals surface area contributed by atoms with Crippen molar-refractivity contribution < 1.29 is 18.8 Å². The minimum Gasteiger partial charge on any atom is -0.288 e. The number of nitrogens with one attached hydrogen (secondary N) is 1. The second-order valence-electron chi connectivity index (χ2n) is 4.43. The number of pyridine rings is 1. The van der Waals surface area contributed by atoms with E-state index in [-0.39, 0.29) is 10.5 Å². The number of halogens is 2. The number of hydrogen-bond donors (Lipinski definition) is 2. The first-order valence-corrected chi connectivity index (χ1v) is 8.07. The quantitative estimate of drug-likeness (QED) is 0.545. The van der Waals surface area contributed by atoms with Crippen molar-refractivity contribution >= 4 is 29.0 Å². The molecule has 0 aliphatic heterocycles. The van der Waals surface area contributed by atoms with E-state index in [1.807, 2.05) is 0 Å². The van der Waals surface area contributed by atoms with Gasteiger partial charge in [0.1, 0.15) is 16.6 Å². The predicted molar refractivity (Wildman–Crippen MR) is 82.9 cm³/mol. The molecule has 0 fully saturated rings. The SMILES string of the molecule is O=C(NO)c1cc(F)c(Sc2nnc(-c3cccnc3)s2)c(F)c1. The summed E-state index contributed by atoms with van der Waals surface area (Å²) >= 11 is 1.93. The van der Waals surface area contributed by atoms with Crippen LogP contribution >= 0.6 is 23.1 Å². The van der Waals surface area contributed by atoms with Crippen LogP contribution in [0.3, 0.4) is 0 Å². The van der Waals surface area contributed by atoms with Gasteiger partial charge in [0.25, 0.3) is 5.91 Å². The first-order valence-electron chi connectivity index (χ1n) is 6.43. The van der Waals surface area contributed by atoms with Gasteiger partial charge in [-0.3, -0.25) is 15.0 Å². The summed E-state index contributed by atoms with van der Waals surface area (Å²) in [7, 11) is 0. The van der Waals surface area contributed by atoms with Crippen LogP contribution in [0.2, 0.25) is 0 Å². The Bertz CT molecular complexity index is 866. The minimum absolute atomic E-state index is 0.307. The normalized spacial score (nSPS) is 10.6. The van der Waals surface area contributed by atoms with E-state index >= 15 is 0 Å². The van der Waals surface area contributed by atoms with Gasteiger partial charge in [-0.05, 0) is 24.3 Å². The summed E-state index contributed by atoms with van der Waals surface area (Å²) < 4.78 is 28.4. The van der Waals surface area contributed by atoms with Crippen molar-refractivity contribution in [1.82, 2.24) is 20.7 Å². The molecule has 1 amide bonds. The topological polar surface area (TPSA) is 88.0 Å². The van der Waals surface area contributed by atoms with Crippen molar-refractivity contribution in [3.05, 3.63) is 53.9 Å². The van der Waals surface area contributed by atoms with Crippen LogP contribution in [-0.2, 0) is 0 Å². The van der Waals surface area contributed by atoms with Crippen LogP contribution in [-0.4, -0.2) is 26.3 Å². The number of carbonyl (C=O) groups is 1. The largest absolute Gasteiger partial charge is 0.288 e. The summed E-state index contributed by atoms with van der Waals surface area (Å²) in [6.07, 6.45) is 3.23. The van der Waals surface area contributed by atoms with Crippen LogP contribution in [0.25, 0.3) is 10.6 Å². The summed E-state index contributed by atoms with van der Waals surface area (Å²) in [6.45, 7) is 0. The van der Waals surface area contributed by atoms with Crippen LogP contribution in [0.4, 0.5) is 8.78 Å². The van der Waals surface area contributed by atoms with E-state index in [2.05, 4.69) is 15.2 Å². The lowest BCUT2D eigenvalue weighted by Crippen LogP contribution is -2.19. The van der Waals surface area contributed by atoms with Crippen molar-refractivity contribution in [2.45, 2.75) is 9.24 Å². The maximum Gasteiger partial charge on any atom is 0.274 e. The zero-order valence-electron chi connectivity index (χ0n) is 11.7. The van der Waals surface area contributed by atoms with Gasteiger partial charge in [0.15, 0.2) is 4.34 Å². The van der Waals surface area contributed by atoms with Gasteiger partial charge in [-0.1, -0.05) is 23.1 Å². The molecule has 0 spiro atoms. The number of hydrogen-bond acceptors (Lipinski definition) is 7. The van der Waals surface area contributed by atoms with Gasteiger partial charge in [0, 0.05) is 23.5 Å². The smallest absolute Gasteiger partial charge is 0.274 e. The molecule has 3 aromatic rings. The molecule has 6 nitrogen and oxygen atoms in total. The molecule has 0 unspecified atom stereocenters. The molecule has 0 aliphatic rings. The van der Waals surface area contributed by atoms with E-state index in [1.165, 1.54) is 5.48 Å². The summed E-state index contributed by atoms with van der Waals surface area (Å²) in [4.78, 5) is 14.9. The summed E-state index contributed by atoms with van der Waals surface area (Å²) in [6, 6.07) is 5.21. The Labute approximate surface area is 142 Å². The van der Waals surface area contributed by atoms with Crippen molar-refractivity contribution in [2.24, 2.45) is 0 Å². The molecule has 3 rings (SSSR count). The van der Waals surface area contributed by atoms with Crippen LogP contribution in [0, 0.1) is 11.6 Å². The van der Waals surface area contributed by atoms with Gasteiger partial charge in [0.2, 0.25) is 0 Å². The second-order valence-corrected chi connectivity index (χ2v) is 6.66. The minimum atomic E-state index is -1.00. The van der Waals surface area contributed by atoms with E-state index in [0.29, 0.717) is 9.35 Å². The van der Waals surface area contributed by atoms with Crippen LogP contribution in [0.15, 0.2) is 45.9 Å². The van der Waals surface area contributed by atoms with Crippen molar-refractivity contribution in [1.29, 1.82) is 0 Å². The van der Waals surface area contributed by atoms with Gasteiger partial charge in [0.05, 0.1) is 4.90 Å². The Kier molecular flexibility index (Phi) is 4.79. The van der Waals surface area contributed by atoms with Gasteiger partial charge >= 0.3 is 0 Å². The fraction of sp³-hybridized carbons (Fsp3) is 0. The number of benzene rings is 1. The summed E-state index contributed by atoms with van der Waals surface area (Å²) in [5.74, 6) is -2.87. The molecule has 0 aliphatic carbocycles. The molecule has 0 saturated heterocycles. The van der Waals surface area contributed by atoms with Crippen molar-refractivity contribution in [3.63, 3.8) is 0 Å². The Hall–Kier alpha value is -2.43. The maximum atomic E-state index is 14.0. The maximum absolute atomic E-state index is 14.0. The third-order valence-corrected chi connectivity index (χ3v) is 4.98. The molecule has 0 bridgehead atoms. The lowest BCUT2D eigenvalue weighted by atomic mass is 10.2. The molecule has 122 valence electrons. The summed E-state index contributed by atoms with van der Waals surface area (Å²) in [5.41, 5.74) is 1.74. The molecule has 2 N–H and O–H groups in total. The van der Waals surface area contributed by atoms with Gasteiger partial charge in [-0.25, -0.2) is 14.3 Å². The average molecular weight is 366 g/mol. The zero-order chi connectivity index (χ0) is 17.1. The van der Waals surface area contributed by atoms with E-state index in [9.17, 15) is 13.6 Å². The molecule has 2 heterocycles. The number of rotatable bonds is 4. The van der Waals surface area contributed by atoms with Gasteiger partial charge in [-0.2, -0.15) is 0 Å². The highest BCUT2D eigenvalue weighted by atomic mass is 32.2. The first kappa shape index (κ1) is 16.4. The van der Waals surface area contributed by atoms with E-state index in [1.54, 1.807) is 24.5 Å². The predicted octanol–water partition coefficient (Wildman–Crippen LogP) is 3.15. The highest BCUT2D eigenvalue weighted by Crippen LogP contribution is 2.36. The highest BCUT2D eigenvalue weighted by Gasteiger charge is 2.18. The van der Waals surface area contributed by atoms with E-state index in [0.717, 1.165) is 40.8 Å². The number of carbonyl (C=O) groups excluding carboxylic acids is 1. The average Bonchev–Trinajstić information content (AvgIpc) is 3.06. The van der Waals surface area contributed by atoms with Crippen molar-refractivity contribution in [3.8, 4) is 10.6 Å². The Morgan fingerprint density at radius 3 is 2.62 bits per heavy atom. The standard InChI is InChI=1S/C14H8F2N4O2S2/c15-9-4-8(12(21)20-22)5-10(16)11(9)23-14-19-18-13(24-14)7-2-1-3-17-6-7/h1-6,22H,(H,20,21). The molecule has 0 saturated carbocycles. The second kappa shape index (κ2) is 6.99. The molecule has 2 aromatic heterocycles. The fourth-order valence-electron chi connectivity index (χ4n) is 1.80. The van der Waals surface area contributed by atoms with Crippen molar-refractivity contribution in [2.75, 3.05) is 0 Å². The van der Waals surface area contributed by atoms with E-state index in [4.69, 9.17) is 5.21 Å². The lowest BCUT2D eigenvalue weighted by molar-refractivity contribution is 0.0705. The van der Waals surface area contributed by atoms with E-state index < -0.39 is 17.5 Å². The molecular weight excluding hydrogens is 358 g/mol. The first-order chi connectivity index (χ1) is 11.6. The lowest BCUT2D eigenvalue weighted by Gasteiger charge is -2.05. The monoisotopic (exact) mass is 366 g/mol. The Balaban J connectivity index is 1.87. The third-order valence-electron chi connectivity index (χ3n) is 2.87. The molecule has 0 atom stereocenters. The van der Waals surface area contributed by atoms with Crippen LogP contribution < -0.4 is 5.48 Å². The molecule has 1 aromatic carbocycles. The van der Waals surface area contributed by atoms with Gasteiger partial charge < -0.3 is 0 Å². The zero-order valence-corrected chi connectivity index (χ0v) is 13.4. The third kappa shape index (κ3) is 3.40. The molecular formula is C14H8F2N4O2S2. The summed E-state index contributed by atoms with van der Waals surface area (Å²) in [5, 5.41) is 16.9. The van der Waals surface area contributed by atoms with Crippen LogP contribution in [0.1, 0.15) is 10.4 Å². The molecule has 24 heavy (non-hydrogen) atoms. The molecule has 0 radical (unpaired) electrons. The fourth-order valence-corrected chi connectivity index (χ4v) is 3.59.